The molecule has 1 aliphatic rings. The average molecular weight is 276 g/mol. The van der Waals surface area contributed by atoms with Gasteiger partial charge in [0.05, 0.1) is 5.56 Å². The summed E-state index contributed by atoms with van der Waals surface area (Å²) in [6.07, 6.45) is 6.61. The van der Waals surface area contributed by atoms with Gasteiger partial charge < -0.3 is 10.2 Å². The molecule has 0 bridgehead atoms. The standard InChI is InChI=1S/C15H24N4O/c1-4-12(3)18-14(20)13-8-16-15(17-9-13)19-7-5-6-11(2)10-19/h8-9,11-12H,4-7,10H2,1-3H3,(H,18,20). The number of anilines is 1. The molecule has 5 heteroatoms. The van der Waals surface area contributed by atoms with Crippen LogP contribution in [0, 0.1) is 5.92 Å². The highest BCUT2D eigenvalue weighted by molar-refractivity contribution is 5.93. The van der Waals surface area contributed by atoms with Crippen LogP contribution in [0.1, 0.15) is 50.4 Å². The van der Waals surface area contributed by atoms with Crippen LogP contribution >= 0.6 is 0 Å². The van der Waals surface area contributed by atoms with E-state index in [1.54, 1.807) is 12.4 Å². The number of piperidine rings is 1. The fraction of sp³-hybridized carbons (Fsp3) is 0.667. The maximum Gasteiger partial charge on any atom is 0.254 e. The number of hydrogen-bond donors (Lipinski definition) is 1. The van der Waals surface area contributed by atoms with E-state index in [1.165, 1.54) is 12.8 Å². The number of nitrogens with one attached hydrogen (secondary N) is 1. The van der Waals surface area contributed by atoms with Gasteiger partial charge in [0.2, 0.25) is 5.95 Å². The van der Waals surface area contributed by atoms with Crippen LogP contribution in [0.3, 0.4) is 0 Å². The van der Waals surface area contributed by atoms with E-state index in [0.717, 1.165) is 25.5 Å². The molecule has 0 aromatic carbocycles. The molecule has 2 atom stereocenters. The van der Waals surface area contributed by atoms with E-state index in [4.69, 9.17) is 0 Å². The third kappa shape index (κ3) is 3.68. The SMILES string of the molecule is CCC(C)NC(=O)c1cnc(N2CCCC(C)C2)nc1. The van der Waals surface area contributed by atoms with Crippen molar-refractivity contribution in [1.82, 2.24) is 15.3 Å². The van der Waals surface area contributed by atoms with Gasteiger partial charge in [-0.1, -0.05) is 13.8 Å². The summed E-state index contributed by atoms with van der Waals surface area (Å²) in [5.41, 5.74) is 0.527. The molecule has 20 heavy (non-hydrogen) atoms. The molecule has 0 spiro atoms. The number of rotatable bonds is 4. The number of hydrogen-bond acceptors (Lipinski definition) is 4. The molecule has 0 radical (unpaired) electrons. The van der Waals surface area contributed by atoms with Gasteiger partial charge >= 0.3 is 0 Å². The molecule has 0 aliphatic carbocycles. The zero-order valence-corrected chi connectivity index (χ0v) is 12.6. The molecule has 1 saturated heterocycles. The third-order valence-corrected chi connectivity index (χ3v) is 3.83. The molecular formula is C15H24N4O. The minimum Gasteiger partial charge on any atom is -0.350 e. The van der Waals surface area contributed by atoms with Crippen LogP contribution in [-0.4, -0.2) is 35.0 Å². The van der Waals surface area contributed by atoms with Gasteiger partial charge in [-0.15, -0.1) is 0 Å². The summed E-state index contributed by atoms with van der Waals surface area (Å²) >= 11 is 0. The summed E-state index contributed by atoms with van der Waals surface area (Å²) in [7, 11) is 0. The minimum atomic E-state index is -0.0992. The molecule has 1 amide bonds. The van der Waals surface area contributed by atoms with Crippen molar-refractivity contribution in [3.63, 3.8) is 0 Å². The Hall–Kier alpha value is -1.65. The van der Waals surface area contributed by atoms with Crippen molar-refractivity contribution >= 4 is 11.9 Å². The van der Waals surface area contributed by atoms with Gasteiger partial charge in [-0.05, 0) is 32.1 Å². The molecule has 5 nitrogen and oxygen atoms in total. The van der Waals surface area contributed by atoms with Crippen LogP contribution in [0.4, 0.5) is 5.95 Å². The Labute approximate surface area is 120 Å². The van der Waals surface area contributed by atoms with Crippen LogP contribution in [-0.2, 0) is 0 Å². The summed E-state index contributed by atoms with van der Waals surface area (Å²) < 4.78 is 0. The van der Waals surface area contributed by atoms with Crippen LogP contribution in [0.5, 0.6) is 0 Å². The lowest BCUT2D eigenvalue weighted by atomic mass is 10.0. The van der Waals surface area contributed by atoms with Crippen LogP contribution in [0.2, 0.25) is 0 Å². The van der Waals surface area contributed by atoms with Crippen molar-refractivity contribution in [2.24, 2.45) is 5.92 Å². The summed E-state index contributed by atoms with van der Waals surface area (Å²) in [4.78, 5) is 22.8. The molecule has 2 heterocycles. The zero-order chi connectivity index (χ0) is 14.5. The average Bonchev–Trinajstić information content (AvgIpc) is 2.47. The van der Waals surface area contributed by atoms with Gasteiger partial charge in [0.25, 0.3) is 5.91 Å². The molecular weight excluding hydrogens is 252 g/mol. The highest BCUT2D eigenvalue weighted by Crippen LogP contribution is 2.19. The summed E-state index contributed by atoms with van der Waals surface area (Å²) in [5.74, 6) is 1.32. The van der Waals surface area contributed by atoms with Crippen LogP contribution < -0.4 is 10.2 Å². The molecule has 2 rings (SSSR count). The van der Waals surface area contributed by atoms with Crippen molar-refractivity contribution in [2.45, 2.75) is 46.1 Å². The third-order valence-electron chi connectivity index (χ3n) is 3.83. The Morgan fingerprint density at radius 3 is 2.80 bits per heavy atom. The normalized spacial score (nSPS) is 20.6. The second-order valence-corrected chi connectivity index (χ2v) is 5.75. The summed E-state index contributed by atoms with van der Waals surface area (Å²) in [6, 6.07) is 0.171. The molecule has 1 aromatic rings. The monoisotopic (exact) mass is 276 g/mol. The number of carbonyl (C=O) groups is 1. The second kappa shape index (κ2) is 6.68. The van der Waals surface area contributed by atoms with Gasteiger partial charge in [0.15, 0.2) is 0 Å². The Morgan fingerprint density at radius 2 is 2.20 bits per heavy atom. The predicted octanol–water partition coefficient (Wildman–Crippen LogP) is 2.24. The Morgan fingerprint density at radius 1 is 1.50 bits per heavy atom. The Bertz CT molecular complexity index is 446. The van der Waals surface area contributed by atoms with Gasteiger partial charge in [0.1, 0.15) is 0 Å². The predicted molar refractivity (Wildman–Crippen MR) is 79.9 cm³/mol. The van der Waals surface area contributed by atoms with Crippen LogP contribution in [0.25, 0.3) is 0 Å². The van der Waals surface area contributed by atoms with Gasteiger partial charge in [0, 0.05) is 31.5 Å². The molecule has 0 saturated carbocycles. The Kier molecular flexibility index (Phi) is 4.93. The summed E-state index contributed by atoms with van der Waals surface area (Å²) in [5, 5.41) is 2.92. The smallest absolute Gasteiger partial charge is 0.254 e. The first kappa shape index (κ1) is 14.8. The zero-order valence-electron chi connectivity index (χ0n) is 12.6. The first-order valence-electron chi connectivity index (χ1n) is 7.48. The first-order chi connectivity index (χ1) is 9.60. The maximum absolute atomic E-state index is 11.9. The molecule has 110 valence electrons. The lowest BCUT2D eigenvalue weighted by Crippen LogP contribution is -2.36. The molecule has 1 N–H and O–H groups in total. The maximum atomic E-state index is 11.9. The molecule has 1 aliphatic heterocycles. The van der Waals surface area contributed by atoms with Crippen molar-refractivity contribution in [2.75, 3.05) is 18.0 Å². The van der Waals surface area contributed by atoms with Gasteiger partial charge in [-0.3, -0.25) is 4.79 Å². The number of amides is 1. The van der Waals surface area contributed by atoms with E-state index in [-0.39, 0.29) is 11.9 Å². The van der Waals surface area contributed by atoms with Crippen molar-refractivity contribution in [3.05, 3.63) is 18.0 Å². The number of carbonyl (C=O) groups excluding carboxylic acids is 1. The largest absolute Gasteiger partial charge is 0.350 e. The highest BCUT2D eigenvalue weighted by Gasteiger charge is 2.19. The quantitative estimate of drug-likeness (QED) is 0.916. The van der Waals surface area contributed by atoms with Crippen molar-refractivity contribution < 1.29 is 4.79 Å². The van der Waals surface area contributed by atoms with E-state index in [1.807, 2.05) is 13.8 Å². The van der Waals surface area contributed by atoms with Gasteiger partial charge in [-0.2, -0.15) is 0 Å². The van der Waals surface area contributed by atoms with E-state index in [2.05, 4.69) is 27.1 Å². The van der Waals surface area contributed by atoms with Crippen molar-refractivity contribution in [3.8, 4) is 0 Å². The number of aromatic nitrogens is 2. The number of nitrogens with zero attached hydrogens (tertiary/aromatic N) is 3. The molecule has 1 fully saturated rings. The van der Waals surface area contributed by atoms with Crippen molar-refractivity contribution in [1.29, 1.82) is 0 Å². The van der Waals surface area contributed by atoms with E-state index in [9.17, 15) is 4.79 Å². The second-order valence-electron chi connectivity index (χ2n) is 5.75. The van der Waals surface area contributed by atoms with E-state index < -0.39 is 0 Å². The first-order valence-corrected chi connectivity index (χ1v) is 7.48. The highest BCUT2D eigenvalue weighted by atomic mass is 16.1. The topological polar surface area (TPSA) is 58.1 Å². The molecule has 2 unspecified atom stereocenters. The summed E-state index contributed by atoms with van der Waals surface area (Å²) in [6.45, 7) is 8.28. The molecule has 1 aromatic heterocycles. The van der Waals surface area contributed by atoms with Gasteiger partial charge in [-0.25, -0.2) is 9.97 Å². The lowest BCUT2D eigenvalue weighted by molar-refractivity contribution is 0.0938. The lowest BCUT2D eigenvalue weighted by Gasteiger charge is -2.30. The fourth-order valence-corrected chi connectivity index (χ4v) is 2.38. The Balaban J connectivity index is 2.00. The van der Waals surface area contributed by atoms with E-state index >= 15 is 0 Å². The van der Waals surface area contributed by atoms with E-state index in [0.29, 0.717) is 11.5 Å². The van der Waals surface area contributed by atoms with Crippen LogP contribution in [0.15, 0.2) is 12.4 Å². The fourth-order valence-electron chi connectivity index (χ4n) is 2.38. The minimum absolute atomic E-state index is 0.0992.